The lowest BCUT2D eigenvalue weighted by Crippen LogP contribution is -2.35. The zero-order valence-corrected chi connectivity index (χ0v) is 12.2. The molecule has 0 aromatic heterocycles. The van der Waals surface area contributed by atoms with Crippen LogP contribution in [0.25, 0.3) is 0 Å². The van der Waals surface area contributed by atoms with Gasteiger partial charge in [-0.15, -0.1) is 0 Å². The first kappa shape index (κ1) is 15.9. The van der Waals surface area contributed by atoms with E-state index in [4.69, 9.17) is 4.74 Å². The first-order chi connectivity index (χ1) is 10.1. The third kappa shape index (κ3) is 4.75. The molecule has 6 heteroatoms. The van der Waals surface area contributed by atoms with Crippen LogP contribution in [0.3, 0.4) is 0 Å². The van der Waals surface area contributed by atoms with E-state index in [2.05, 4.69) is 12.2 Å². The van der Waals surface area contributed by atoms with Crippen molar-refractivity contribution in [2.24, 2.45) is 0 Å². The summed E-state index contributed by atoms with van der Waals surface area (Å²) in [5.41, 5.74) is 0.278. The van der Waals surface area contributed by atoms with Gasteiger partial charge in [0.05, 0.1) is 23.7 Å². The molecule has 21 heavy (non-hydrogen) atoms. The van der Waals surface area contributed by atoms with E-state index in [1.807, 2.05) is 0 Å². The van der Waals surface area contributed by atoms with Crippen LogP contribution in [0, 0.1) is 15.9 Å². The van der Waals surface area contributed by atoms with Crippen LogP contribution >= 0.6 is 0 Å². The van der Waals surface area contributed by atoms with Gasteiger partial charge in [0.2, 0.25) is 0 Å². The van der Waals surface area contributed by atoms with Gasteiger partial charge in [-0.05, 0) is 43.9 Å². The molecule has 0 radical (unpaired) electrons. The molecule has 116 valence electrons. The lowest BCUT2D eigenvalue weighted by atomic mass is 9.93. The molecule has 0 atom stereocenters. The second kappa shape index (κ2) is 7.47. The van der Waals surface area contributed by atoms with Crippen molar-refractivity contribution in [2.45, 2.75) is 51.4 Å². The van der Waals surface area contributed by atoms with Crippen LogP contribution in [0.5, 0.6) is 0 Å². The molecule has 0 heterocycles. The van der Waals surface area contributed by atoms with Gasteiger partial charge in [0.1, 0.15) is 5.82 Å². The summed E-state index contributed by atoms with van der Waals surface area (Å²) in [5.74, 6) is -0.598. The highest BCUT2D eigenvalue weighted by molar-refractivity contribution is 5.34. The van der Waals surface area contributed by atoms with E-state index in [0.29, 0.717) is 11.6 Å². The first-order valence-corrected chi connectivity index (χ1v) is 7.37. The summed E-state index contributed by atoms with van der Waals surface area (Å²) in [6.07, 6.45) is 4.23. The Balaban J connectivity index is 1.85. The Kier molecular flexibility index (Phi) is 5.64. The number of hydrogen-bond donors (Lipinski definition) is 1. The molecule has 1 aliphatic rings. The number of benzene rings is 1. The minimum absolute atomic E-state index is 0.155. The smallest absolute Gasteiger partial charge is 0.272 e. The zero-order valence-electron chi connectivity index (χ0n) is 12.2. The largest absolute Gasteiger partial charge is 0.374 e. The molecule has 0 aliphatic heterocycles. The number of hydrogen-bond acceptors (Lipinski definition) is 4. The SMILES string of the molecule is CCNC1CCC(OCc2cc(F)cc([N+](=O)[O-])c2)CC1. The Morgan fingerprint density at radius 1 is 1.33 bits per heavy atom. The van der Waals surface area contributed by atoms with Crippen molar-refractivity contribution >= 4 is 5.69 Å². The molecule has 0 bridgehead atoms. The summed E-state index contributed by atoms with van der Waals surface area (Å²) in [5, 5.41) is 14.1. The standard InChI is InChI=1S/C15H21FN2O3/c1-2-17-13-3-5-15(6-4-13)21-10-11-7-12(16)9-14(8-11)18(19)20/h7-9,13,15,17H,2-6,10H2,1H3. The fourth-order valence-electron chi connectivity index (χ4n) is 2.76. The number of rotatable bonds is 6. The van der Waals surface area contributed by atoms with Crippen LogP contribution in [0.15, 0.2) is 18.2 Å². The Morgan fingerprint density at radius 2 is 2.05 bits per heavy atom. The van der Waals surface area contributed by atoms with E-state index in [-0.39, 0.29) is 18.4 Å². The summed E-state index contributed by atoms with van der Waals surface area (Å²) < 4.78 is 19.1. The van der Waals surface area contributed by atoms with E-state index in [1.165, 1.54) is 12.1 Å². The third-order valence-electron chi connectivity index (χ3n) is 3.81. The second-order valence-electron chi connectivity index (χ2n) is 5.42. The topological polar surface area (TPSA) is 64.4 Å². The molecule has 0 spiro atoms. The van der Waals surface area contributed by atoms with Crippen LogP contribution < -0.4 is 5.32 Å². The van der Waals surface area contributed by atoms with Crippen molar-refractivity contribution in [3.63, 3.8) is 0 Å². The van der Waals surface area contributed by atoms with Gasteiger partial charge in [0.15, 0.2) is 0 Å². The normalized spacial score (nSPS) is 22.2. The summed E-state index contributed by atoms with van der Waals surface area (Å²) in [7, 11) is 0. The van der Waals surface area contributed by atoms with Crippen molar-refractivity contribution in [3.05, 3.63) is 39.7 Å². The molecular formula is C15H21FN2O3. The van der Waals surface area contributed by atoms with E-state index in [9.17, 15) is 14.5 Å². The summed E-state index contributed by atoms with van der Waals surface area (Å²) in [6, 6.07) is 4.14. The Labute approximate surface area is 123 Å². The third-order valence-corrected chi connectivity index (χ3v) is 3.81. The number of ether oxygens (including phenoxy) is 1. The van der Waals surface area contributed by atoms with Gasteiger partial charge in [-0.25, -0.2) is 4.39 Å². The fraction of sp³-hybridized carbons (Fsp3) is 0.600. The molecule has 1 fully saturated rings. The number of non-ortho nitro benzene ring substituents is 1. The zero-order chi connectivity index (χ0) is 15.2. The van der Waals surface area contributed by atoms with Gasteiger partial charge in [0.25, 0.3) is 5.69 Å². The van der Waals surface area contributed by atoms with Crippen LogP contribution in [0.1, 0.15) is 38.2 Å². The highest BCUT2D eigenvalue weighted by Crippen LogP contribution is 2.23. The second-order valence-corrected chi connectivity index (χ2v) is 5.42. The Morgan fingerprint density at radius 3 is 2.67 bits per heavy atom. The average molecular weight is 296 g/mol. The van der Waals surface area contributed by atoms with Crippen molar-refractivity contribution in [1.29, 1.82) is 0 Å². The maximum atomic E-state index is 13.3. The Hall–Kier alpha value is -1.53. The predicted octanol–water partition coefficient (Wildman–Crippen LogP) is 3.17. The molecule has 1 aromatic carbocycles. The van der Waals surface area contributed by atoms with Crippen molar-refractivity contribution < 1.29 is 14.1 Å². The van der Waals surface area contributed by atoms with Crippen molar-refractivity contribution in [3.8, 4) is 0 Å². The average Bonchev–Trinajstić information content (AvgIpc) is 2.46. The van der Waals surface area contributed by atoms with Gasteiger partial charge in [-0.3, -0.25) is 10.1 Å². The number of nitrogens with one attached hydrogen (secondary N) is 1. The van der Waals surface area contributed by atoms with Gasteiger partial charge < -0.3 is 10.1 Å². The predicted molar refractivity (Wildman–Crippen MR) is 77.6 cm³/mol. The van der Waals surface area contributed by atoms with Crippen LogP contribution in [0.2, 0.25) is 0 Å². The summed E-state index contributed by atoms with van der Waals surface area (Å²) in [6.45, 7) is 3.29. The Bertz CT molecular complexity index is 488. The van der Waals surface area contributed by atoms with Crippen LogP contribution in [-0.2, 0) is 11.3 Å². The van der Waals surface area contributed by atoms with E-state index in [1.54, 1.807) is 0 Å². The summed E-state index contributed by atoms with van der Waals surface area (Å²) >= 11 is 0. The molecule has 0 saturated heterocycles. The molecule has 1 aliphatic carbocycles. The quantitative estimate of drug-likeness (QED) is 0.647. The van der Waals surface area contributed by atoms with E-state index in [0.717, 1.165) is 38.3 Å². The molecule has 5 nitrogen and oxygen atoms in total. The van der Waals surface area contributed by atoms with Gasteiger partial charge in [-0.1, -0.05) is 6.92 Å². The molecule has 0 unspecified atom stereocenters. The molecule has 1 aromatic rings. The number of nitrogens with zero attached hydrogens (tertiary/aromatic N) is 1. The number of nitro groups is 1. The first-order valence-electron chi connectivity index (χ1n) is 7.37. The monoisotopic (exact) mass is 296 g/mol. The highest BCUT2D eigenvalue weighted by atomic mass is 19.1. The summed E-state index contributed by atoms with van der Waals surface area (Å²) in [4.78, 5) is 10.1. The minimum atomic E-state index is -0.598. The lowest BCUT2D eigenvalue weighted by molar-refractivity contribution is -0.385. The molecule has 2 rings (SSSR count). The maximum absolute atomic E-state index is 13.3. The highest BCUT2D eigenvalue weighted by Gasteiger charge is 2.21. The van der Waals surface area contributed by atoms with Crippen molar-refractivity contribution in [1.82, 2.24) is 5.32 Å². The molecule has 1 N–H and O–H groups in total. The number of nitro benzene ring substituents is 1. The molecule has 1 saturated carbocycles. The van der Waals surface area contributed by atoms with E-state index < -0.39 is 10.7 Å². The van der Waals surface area contributed by atoms with E-state index >= 15 is 0 Å². The molecular weight excluding hydrogens is 275 g/mol. The lowest BCUT2D eigenvalue weighted by Gasteiger charge is -2.29. The fourth-order valence-corrected chi connectivity index (χ4v) is 2.76. The van der Waals surface area contributed by atoms with Gasteiger partial charge in [0, 0.05) is 12.1 Å². The van der Waals surface area contributed by atoms with Gasteiger partial charge in [-0.2, -0.15) is 0 Å². The van der Waals surface area contributed by atoms with Crippen LogP contribution in [-0.4, -0.2) is 23.6 Å². The van der Waals surface area contributed by atoms with Gasteiger partial charge >= 0.3 is 0 Å². The molecule has 0 amide bonds. The van der Waals surface area contributed by atoms with Crippen LogP contribution in [0.4, 0.5) is 10.1 Å². The maximum Gasteiger partial charge on any atom is 0.272 e. The van der Waals surface area contributed by atoms with Crippen molar-refractivity contribution in [2.75, 3.05) is 6.54 Å². The number of halogens is 1. The minimum Gasteiger partial charge on any atom is -0.374 e.